The summed E-state index contributed by atoms with van der Waals surface area (Å²) in [5.41, 5.74) is 1.75. The van der Waals surface area contributed by atoms with Crippen LogP contribution in [0.3, 0.4) is 0 Å². The lowest BCUT2D eigenvalue weighted by Gasteiger charge is -2.30. The molecule has 0 spiro atoms. The van der Waals surface area contributed by atoms with Crippen molar-refractivity contribution in [1.82, 2.24) is 5.32 Å². The van der Waals surface area contributed by atoms with Crippen LogP contribution in [0.4, 0.5) is 0 Å². The summed E-state index contributed by atoms with van der Waals surface area (Å²) in [7, 11) is -2.97. The van der Waals surface area contributed by atoms with Gasteiger partial charge in [0.05, 0.1) is 16.9 Å². The average Bonchev–Trinajstić information content (AvgIpc) is 3.06. The molecule has 1 heterocycles. The molecule has 3 rings (SSSR count). The molecular formula is C17H23NO3S. The van der Waals surface area contributed by atoms with Crippen LogP contribution < -0.4 is 5.32 Å². The van der Waals surface area contributed by atoms with Gasteiger partial charge in [-0.3, -0.25) is 4.79 Å². The summed E-state index contributed by atoms with van der Waals surface area (Å²) in [5.74, 6) is 0.288. The average molecular weight is 321 g/mol. The van der Waals surface area contributed by atoms with Crippen molar-refractivity contribution in [1.29, 1.82) is 0 Å². The van der Waals surface area contributed by atoms with Gasteiger partial charge in [-0.25, -0.2) is 8.42 Å². The zero-order chi connectivity index (χ0) is 15.8. The Morgan fingerprint density at radius 1 is 1.27 bits per heavy atom. The van der Waals surface area contributed by atoms with Crippen molar-refractivity contribution < 1.29 is 13.2 Å². The lowest BCUT2D eigenvalue weighted by molar-refractivity contribution is -0.127. The number of nitrogens with one attached hydrogen (secondary N) is 1. The fourth-order valence-electron chi connectivity index (χ4n) is 3.80. The van der Waals surface area contributed by atoms with Gasteiger partial charge in [0.2, 0.25) is 5.91 Å². The van der Waals surface area contributed by atoms with Crippen LogP contribution in [0.5, 0.6) is 0 Å². The molecule has 1 unspecified atom stereocenters. The van der Waals surface area contributed by atoms with Crippen molar-refractivity contribution in [3.63, 3.8) is 0 Å². The first kappa shape index (κ1) is 15.5. The molecule has 1 atom stereocenters. The number of benzene rings is 1. The highest BCUT2D eigenvalue weighted by Crippen LogP contribution is 2.41. The molecule has 1 N–H and O–H groups in total. The molecule has 1 aromatic rings. The first-order chi connectivity index (χ1) is 10.4. The fraction of sp³-hybridized carbons (Fsp3) is 0.588. The smallest absolute Gasteiger partial charge is 0.230 e. The van der Waals surface area contributed by atoms with Gasteiger partial charge in [0.1, 0.15) is 0 Å². The third kappa shape index (κ3) is 2.91. The van der Waals surface area contributed by atoms with Crippen LogP contribution in [0.2, 0.25) is 0 Å². The van der Waals surface area contributed by atoms with Crippen LogP contribution in [0.25, 0.3) is 0 Å². The van der Waals surface area contributed by atoms with E-state index in [4.69, 9.17) is 0 Å². The van der Waals surface area contributed by atoms with E-state index >= 15 is 0 Å². The Hall–Kier alpha value is -1.36. The topological polar surface area (TPSA) is 63.2 Å². The third-order valence-corrected chi connectivity index (χ3v) is 6.80. The quantitative estimate of drug-likeness (QED) is 0.927. The molecular weight excluding hydrogens is 298 g/mol. The molecule has 1 aliphatic carbocycles. The Balaban J connectivity index is 1.83. The molecule has 0 bridgehead atoms. The van der Waals surface area contributed by atoms with Gasteiger partial charge in [0.15, 0.2) is 9.84 Å². The highest BCUT2D eigenvalue weighted by molar-refractivity contribution is 7.91. The predicted molar refractivity (Wildman–Crippen MR) is 86.5 cm³/mol. The van der Waals surface area contributed by atoms with Gasteiger partial charge in [0.25, 0.3) is 0 Å². The maximum absolute atomic E-state index is 12.9. The maximum atomic E-state index is 12.9. The number of carbonyl (C=O) groups is 1. The van der Waals surface area contributed by atoms with Gasteiger partial charge in [-0.05, 0) is 31.7 Å². The number of aryl methyl sites for hydroxylation is 1. The van der Waals surface area contributed by atoms with E-state index in [9.17, 15) is 13.2 Å². The maximum Gasteiger partial charge on any atom is 0.230 e. The largest absolute Gasteiger partial charge is 0.352 e. The van der Waals surface area contributed by atoms with Crippen molar-refractivity contribution in [3.05, 3.63) is 35.4 Å². The first-order valence-corrected chi connectivity index (χ1v) is 9.82. The van der Waals surface area contributed by atoms with Crippen LogP contribution in [0, 0.1) is 6.92 Å². The van der Waals surface area contributed by atoms with Crippen LogP contribution in [-0.4, -0.2) is 31.9 Å². The molecule has 1 saturated carbocycles. The SMILES string of the molecule is Cc1cccc(C2(C(=O)NC3CCS(=O)(=O)C3)CCCC2)c1. The second-order valence-corrected chi connectivity index (χ2v) is 8.96. The summed E-state index contributed by atoms with van der Waals surface area (Å²) in [6.45, 7) is 2.04. The van der Waals surface area contributed by atoms with Crippen LogP contribution in [0.1, 0.15) is 43.2 Å². The van der Waals surface area contributed by atoms with E-state index < -0.39 is 15.3 Å². The summed E-state index contributed by atoms with van der Waals surface area (Å²) in [6.07, 6.45) is 4.33. The summed E-state index contributed by atoms with van der Waals surface area (Å²) >= 11 is 0. The number of amides is 1. The fourth-order valence-corrected chi connectivity index (χ4v) is 5.47. The zero-order valence-electron chi connectivity index (χ0n) is 13.0. The minimum absolute atomic E-state index is 0.0118. The molecule has 1 aliphatic heterocycles. The molecule has 0 aromatic heterocycles. The molecule has 2 aliphatic rings. The Kier molecular flexibility index (Phi) is 4.02. The number of hydrogen-bond donors (Lipinski definition) is 1. The molecule has 22 heavy (non-hydrogen) atoms. The Morgan fingerprint density at radius 2 is 2.00 bits per heavy atom. The standard InChI is InChI=1S/C17H23NO3S/c1-13-5-4-6-14(11-13)17(8-2-3-9-17)16(19)18-15-7-10-22(20,21)12-15/h4-6,11,15H,2-3,7-10,12H2,1H3,(H,18,19). The van der Waals surface area contributed by atoms with E-state index in [1.54, 1.807) is 0 Å². The summed E-state index contributed by atoms with van der Waals surface area (Å²) < 4.78 is 23.2. The van der Waals surface area contributed by atoms with Crippen molar-refractivity contribution in [2.24, 2.45) is 0 Å². The first-order valence-electron chi connectivity index (χ1n) is 8.00. The second-order valence-electron chi connectivity index (χ2n) is 6.73. The molecule has 1 aromatic carbocycles. The predicted octanol–water partition coefficient (Wildman–Crippen LogP) is 2.11. The number of hydrogen-bond acceptors (Lipinski definition) is 3. The monoisotopic (exact) mass is 321 g/mol. The number of carbonyl (C=O) groups excluding carboxylic acids is 1. The molecule has 1 amide bonds. The van der Waals surface area contributed by atoms with Crippen LogP contribution >= 0.6 is 0 Å². The summed E-state index contributed by atoms with van der Waals surface area (Å²) in [5, 5.41) is 3.02. The van der Waals surface area contributed by atoms with E-state index in [1.165, 1.54) is 0 Å². The second kappa shape index (κ2) is 5.69. The highest BCUT2D eigenvalue weighted by atomic mass is 32.2. The lowest BCUT2D eigenvalue weighted by Crippen LogP contribution is -2.47. The summed E-state index contributed by atoms with van der Waals surface area (Å²) in [4.78, 5) is 12.9. The van der Waals surface area contributed by atoms with Gasteiger partial charge in [-0.2, -0.15) is 0 Å². The highest BCUT2D eigenvalue weighted by Gasteiger charge is 2.44. The van der Waals surface area contributed by atoms with Gasteiger partial charge >= 0.3 is 0 Å². The normalized spacial score (nSPS) is 26.0. The lowest BCUT2D eigenvalue weighted by atomic mass is 9.77. The van der Waals surface area contributed by atoms with E-state index in [2.05, 4.69) is 11.4 Å². The number of rotatable bonds is 3. The van der Waals surface area contributed by atoms with Crippen molar-refractivity contribution in [2.45, 2.75) is 50.5 Å². The molecule has 5 heteroatoms. The molecule has 1 saturated heterocycles. The van der Waals surface area contributed by atoms with Gasteiger partial charge in [-0.1, -0.05) is 42.7 Å². The van der Waals surface area contributed by atoms with E-state index in [0.717, 1.165) is 36.8 Å². The summed E-state index contributed by atoms with van der Waals surface area (Å²) in [6, 6.07) is 7.94. The third-order valence-electron chi connectivity index (χ3n) is 5.03. The van der Waals surface area contributed by atoms with E-state index in [1.807, 2.05) is 25.1 Å². The molecule has 4 nitrogen and oxygen atoms in total. The van der Waals surface area contributed by atoms with E-state index in [-0.39, 0.29) is 23.5 Å². The Labute approximate surface area is 132 Å². The molecule has 120 valence electrons. The number of sulfone groups is 1. The van der Waals surface area contributed by atoms with Gasteiger partial charge in [-0.15, -0.1) is 0 Å². The van der Waals surface area contributed by atoms with Gasteiger partial charge < -0.3 is 5.32 Å². The van der Waals surface area contributed by atoms with Crippen molar-refractivity contribution >= 4 is 15.7 Å². The molecule has 0 radical (unpaired) electrons. The Bertz CT molecular complexity index is 675. The van der Waals surface area contributed by atoms with E-state index in [0.29, 0.717) is 6.42 Å². The zero-order valence-corrected chi connectivity index (χ0v) is 13.8. The minimum atomic E-state index is -2.97. The Morgan fingerprint density at radius 3 is 2.59 bits per heavy atom. The van der Waals surface area contributed by atoms with Gasteiger partial charge in [0, 0.05) is 6.04 Å². The van der Waals surface area contributed by atoms with Crippen LogP contribution in [-0.2, 0) is 20.0 Å². The van der Waals surface area contributed by atoms with Crippen LogP contribution in [0.15, 0.2) is 24.3 Å². The molecule has 2 fully saturated rings. The minimum Gasteiger partial charge on any atom is -0.352 e. The van der Waals surface area contributed by atoms with Crippen molar-refractivity contribution in [2.75, 3.05) is 11.5 Å². The van der Waals surface area contributed by atoms with Crippen molar-refractivity contribution in [3.8, 4) is 0 Å².